The molecule has 0 spiro atoms. The summed E-state index contributed by atoms with van der Waals surface area (Å²) in [6.07, 6.45) is -0.172. The Bertz CT molecular complexity index is 2050. The molecule has 1 aliphatic heterocycles. The van der Waals surface area contributed by atoms with E-state index in [1.165, 1.54) is 33.8 Å². The monoisotopic (exact) mass is 1080 g/mol. The van der Waals surface area contributed by atoms with E-state index in [1.54, 1.807) is 41.3 Å². The van der Waals surface area contributed by atoms with Crippen molar-refractivity contribution in [3.8, 4) is 5.75 Å². The van der Waals surface area contributed by atoms with E-state index in [9.17, 15) is 73.8 Å². The number of phenols is 1. The number of aromatic hydroxyl groups is 1. The summed E-state index contributed by atoms with van der Waals surface area (Å²) in [6.45, 7) is 0.893. The topological polar surface area (TPSA) is 336 Å². The zero-order valence-corrected chi connectivity index (χ0v) is 40.5. The number of benzene rings is 2. The number of nitrogens with one attached hydrogen (secondary N) is 4. The molecule has 0 aliphatic carbocycles. The zero-order chi connectivity index (χ0) is 51.0. The number of carbonyl (C=O) groups is 9. The maximum absolute atomic E-state index is 14.3. The summed E-state index contributed by atoms with van der Waals surface area (Å²) in [4.78, 5) is 120. The first-order valence-corrected chi connectivity index (χ1v) is 23.5. The van der Waals surface area contributed by atoms with Crippen LogP contribution in [0.1, 0.15) is 50.2 Å². The molecule has 3 rings (SSSR count). The zero-order valence-electron chi connectivity index (χ0n) is 38.4. The molecule has 1 aliphatic rings. The minimum Gasteiger partial charge on any atom is -0.507 e. The van der Waals surface area contributed by atoms with E-state index in [-0.39, 0.29) is 96.2 Å². The summed E-state index contributed by atoms with van der Waals surface area (Å²) in [5.41, 5.74) is 1.12. The third kappa shape index (κ3) is 22.3. The number of carboxylic acid groups (broad SMARTS) is 5. The van der Waals surface area contributed by atoms with Gasteiger partial charge in [-0.25, -0.2) is 4.79 Å². The molecule has 1 saturated heterocycles. The Morgan fingerprint density at radius 2 is 1.09 bits per heavy atom. The van der Waals surface area contributed by atoms with Crippen LogP contribution in [0.25, 0.3) is 0 Å². The Hall–Kier alpha value is -5.96. The van der Waals surface area contributed by atoms with E-state index in [2.05, 4.69) is 21.3 Å². The van der Waals surface area contributed by atoms with Gasteiger partial charge < -0.3 is 51.9 Å². The molecule has 69 heavy (non-hydrogen) atoms. The number of halogens is 1. The smallest absolute Gasteiger partial charge is 0.326 e. The first kappa shape index (κ1) is 57.4. The highest BCUT2D eigenvalue weighted by Crippen LogP contribution is 2.21. The van der Waals surface area contributed by atoms with Gasteiger partial charge in [0.15, 0.2) is 0 Å². The van der Waals surface area contributed by atoms with Crippen molar-refractivity contribution in [2.75, 3.05) is 78.5 Å². The molecule has 24 heteroatoms. The molecule has 2 aromatic rings. The number of aliphatic carboxylic acids is 5. The fourth-order valence-electron chi connectivity index (χ4n) is 7.63. The van der Waals surface area contributed by atoms with E-state index in [0.717, 1.165) is 0 Å². The lowest BCUT2D eigenvalue weighted by Crippen LogP contribution is -2.57. The SMILES string of the molecule is CC(=O)NCCCC[C@@H](NC(=O)[C@@H](Cc1ccccc1)NC(=O)[C@@H](Cc1ccc(O)c(I)c1)NC(=O)CC[C@H](C(=O)O)N1CCN(CC(=O)O)CCN(CC(=O)O)CCN(CC(=O)O)CC1)C(=O)O. The lowest BCUT2D eigenvalue weighted by molar-refractivity contribution is -0.145. The average Bonchev–Trinajstić information content (AvgIpc) is 3.26. The van der Waals surface area contributed by atoms with Crippen LogP contribution in [0.3, 0.4) is 0 Å². The van der Waals surface area contributed by atoms with E-state index in [4.69, 9.17) is 0 Å². The van der Waals surface area contributed by atoms with Gasteiger partial charge in [-0.3, -0.25) is 58.0 Å². The van der Waals surface area contributed by atoms with E-state index in [0.29, 0.717) is 34.1 Å². The Morgan fingerprint density at radius 3 is 1.57 bits per heavy atom. The molecule has 0 aromatic heterocycles. The molecule has 4 amide bonds. The van der Waals surface area contributed by atoms with Crippen molar-refractivity contribution in [3.05, 3.63) is 63.2 Å². The molecule has 0 saturated carbocycles. The number of unbranched alkanes of at least 4 members (excludes halogenated alkanes) is 1. The molecule has 380 valence electrons. The predicted molar refractivity (Wildman–Crippen MR) is 255 cm³/mol. The Balaban J connectivity index is 1.88. The number of hydrogen-bond acceptors (Lipinski definition) is 14. The first-order valence-electron chi connectivity index (χ1n) is 22.4. The van der Waals surface area contributed by atoms with Crippen molar-refractivity contribution in [1.29, 1.82) is 0 Å². The van der Waals surface area contributed by atoms with Gasteiger partial charge in [0.1, 0.15) is 29.9 Å². The fraction of sp³-hybridized carbons (Fsp3) is 0.533. The lowest BCUT2D eigenvalue weighted by atomic mass is 10.0. The number of phenolic OH excluding ortho intramolecular Hbond substituents is 1. The number of carboxylic acids is 5. The number of nitrogens with zero attached hydrogens (tertiary/aromatic N) is 4. The van der Waals surface area contributed by atoms with Crippen molar-refractivity contribution in [3.63, 3.8) is 0 Å². The van der Waals surface area contributed by atoms with Gasteiger partial charge in [-0.15, -0.1) is 0 Å². The Labute approximate surface area is 412 Å². The summed E-state index contributed by atoms with van der Waals surface area (Å²) in [7, 11) is 0. The molecule has 1 fully saturated rings. The van der Waals surface area contributed by atoms with Gasteiger partial charge in [0, 0.05) is 85.1 Å². The van der Waals surface area contributed by atoms with Gasteiger partial charge in [0.2, 0.25) is 23.6 Å². The van der Waals surface area contributed by atoms with Crippen LogP contribution >= 0.6 is 22.6 Å². The van der Waals surface area contributed by atoms with Gasteiger partial charge in [0.05, 0.1) is 23.2 Å². The lowest BCUT2D eigenvalue weighted by Gasteiger charge is -2.35. The second-order valence-corrected chi connectivity index (χ2v) is 17.8. The van der Waals surface area contributed by atoms with Crippen LogP contribution in [0.2, 0.25) is 0 Å². The average molecular weight is 1080 g/mol. The van der Waals surface area contributed by atoms with Crippen LogP contribution in [0.4, 0.5) is 0 Å². The van der Waals surface area contributed by atoms with Gasteiger partial charge in [-0.1, -0.05) is 36.4 Å². The number of amides is 4. The normalized spacial score (nSPS) is 16.3. The molecule has 2 aromatic carbocycles. The summed E-state index contributed by atoms with van der Waals surface area (Å²) in [5.74, 6) is -8.77. The maximum Gasteiger partial charge on any atom is 0.326 e. The molecule has 0 bridgehead atoms. The Morgan fingerprint density at radius 1 is 0.594 bits per heavy atom. The maximum atomic E-state index is 14.3. The standard InChI is InChI=1S/C45H63IN8O15/c1-29(55)47-14-6-5-9-33(44(66)67)49-43(65)35(24-30-7-3-2-4-8-30)50-42(64)34(25-31-10-12-37(56)32(46)23-31)48-38(57)13-11-36(45(68)69)54-21-19-52(27-40(60)61)17-15-51(26-39(58)59)16-18-53(20-22-54)28-41(62)63/h2-4,7-8,10,12,23,33-36,56H,5-6,9,11,13-22,24-28H2,1H3,(H,47,55)(H,48,57)(H,49,65)(H,50,64)(H,58,59)(H,60,61)(H,62,63)(H,66,67)(H,68,69)/t33-,34-,35-,36-/m1/s1. The van der Waals surface area contributed by atoms with E-state index < -0.39 is 91.2 Å². The molecule has 4 atom stereocenters. The second kappa shape index (κ2) is 29.8. The Kier molecular flexibility index (Phi) is 24.8. The summed E-state index contributed by atoms with van der Waals surface area (Å²) in [6, 6.07) is 7.71. The first-order chi connectivity index (χ1) is 32.7. The van der Waals surface area contributed by atoms with Crippen molar-refractivity contribution in [2.24, 2.45) is 0 Å². The largest absolute Gasteiger partial charge is 0.507 e. The molecule has 1 heterocycles. The quantitative estimate of drug-likeness (QED) is 0.0413. The highest BCUT2D eigenvalue weighted by Gasteiger charge is 2.32. The number of hydrogen-bond donors (Lipinski definition) is 10. The van der Waals surface area contributed by atoms with Gasteiger partial charge in [-0.05, 0) is 71.5 Å². The van der Waals surface area contributed by atoms with Gasteiger partial charge in [0.25, 0.3) is 0 Å². The molecular weight excluding hydrogens is 1020 g/mol. The molecule has 10 N–H and O–H groups in total. The van der Waals surface area contributed by atoms with Gasteiger partial charge in [-0.2, -0.15) is 0 Å². The third-order valence-electron chi connectivity index (χ3n) is 11.2. The minimum atomic E-state index is -1.38. The minimum absolute atomic E-state index is 0.0219. The summed E-state index contributed by atoms with van der Waals surface area (Å²) < 4.78 is 0.436. The molecule has 23 nitrogen and oxygen atoms in total. The highest BCUT2D eigenvalue weighted by molar-refractivity contribution is 14.1. The molecule has 0 unspecified atom stereocenters. The molecule has 0 radical (unpaired) electrons. The number of carbonyl (C=O) groups excluding carboxylic acids is 4. The predicted octanol–water partition coefficient (Wildman–Crippen LogP) is -0.664. The van der Waals surface area contributed by atoms with Crippen molar-refractivity contribution < 1.29 is 73.8 Å². The highest BCUT2D eigenvalue weighted by atomic mass is 127. The number of rotatable bonds is 26. The van der Waals surface area contributed by atoms with Crippen LogP contribution < -0.4 is 21.3 Å². The van der Waals surface area contributed by atoms with Crippen LogP contribution in [0, 0.1) is 3.57 Å². The van der Waals surface area contributed by atoms with Crippen molar-refractivity contribution in [1.82, 2.24) is 40.9 Å². The van der Waals surface area contributed by atoms with Crippen LogP contribution in [0.15, 0.2) is 48.5 Å². The van der Waals surface area contributed by atoms with Crippen LogP contribution in [-0.2, 0) is 56.0 Å². The van der Waals surface area contributed by atoms with Gasteiger partial charge >= 0.3 is 29.8 Å². The third-order valence-corrected chi connectivity index (χ3v) is 12.1. The molecular formula is C45H63IN8O15. The van der Waals surface area contributed by atoms with Crippen LogP contribution in [0.5, 0.6) is 5.75 Å². The summed E-state index contributed by atoms with van der Waals surface area (Å²) >= 11 is 1.89. The second-order valence-electron chi connectivity index (χ2n) is 16.7. The van der Waals surface area contributed by atoms with Crippen molar-refractivity contribution in [2.45, 2.75) is 76.0 Å². The summed E-state index contributed by atoms with van der Waals surface area (Å²) in [5, 5.41) is 69.8. The van der Waals surface area contributed by atoms with E-state index >= 15 is 0 Å². The fourth-order valence-corrected chi connectivity index (χ4v) is 8.21. The van der Waals surface area contributed by atoms with Crippen LogP contribution in [-0.4, -0.2) is 206 Å². The van der Waals surface area contributed by atoms with Crippen molar-refractivity contribution >= 4 is 76.1 Å². The van der Waals surface area contributed by atoms with E-state index in [1.807, 2.05) is 22.6 Å².